The number of fused-ring (bicyclic) bond motifs is 1. The Morgan fingerprint density at radius 3 is 2.56 bits per heavy atom. The lowest BCUT2D eigenvalue weighted by atomic mass is 9.99. The number of hydrogen-bond donors (Lipinski definition) is 1. The maximum atomic E-state index is 12.8. The van der Waals surface area contributed by atoms with Gasteiger partial charge in [0, 0.05) is 37.0 Å². The third-order valence-electron chi connectivity index (χ3n) is 5.56. The SMILES string of the molecule is N#CC1CCN(c2nccnc2Oc2ccc(C(=O)c3nc4ccccc4[nH]3)cc2)CC1. The van der Waals surface area contributed by atoms with Crippen LogP contribution in [-0.2, 0) is 0 Å². The number of carbonyl (C=O) groups excluding carboxylic acids is 1. The number of para-hydroxylation sites is 2. The van der Waals surface area contributed by atoms with Gasteiger partial charge in [-0.25, -0.2) is 15.0 Å². The highest BCUT2D eigenvalue weighted by molar-refractivity contribution is 6.08. The highest BCUT2D eigenvalue weighted by Gasteiger charge is 2.23. The first-order valence-electron chi connectivity index (χ1n) is 10.4. The van der Waals surface area contributed by atoms with Gasteiger partial charge in [0.2, 0.25) is 5.78 Å². The Morgan fingerprint density at radius 2 is 1.81 bits per heavy atom. The molecule has 0 aliphatic carbocycles. The van der Waals surface area contributed by atoms with Crippen LogP contribution >= 0.6 is 0 Å². The number of hydrogen-bond acceptors (Lipinski definition) is 7. The zero-order valence-electron chi connectivity index (χ0n) is 17.2. The summed E-state index contributed by atoms with van der Waals surface area (Å²) in [6.45, 7) is 1.47. The Hall–Kier alpha value is -4.25. The Morgan fingerprint density at radius 1 is 1.06 bits per heavy atom. The Labute approximate surface area is 184 Å². The summed E-state index contributed by atoms with van der Waals surface area (Å²) < 4.78 is 5.99. The van der Waals surface area contributed by atoms with Crippen LogP contribution in [0.3, 0.4) is 0 Å². The lowest BCUT2D eigenvalue weighted by Crippen LogP contribution is -2.34. The van der Waals surface area contributed by atoms with Crippen LogP contribution in [0.4, 0.5) is 5.82 Å². The van der Waals surface area contributed by atoms with Crippen LogP contribution in [0.25, 0.3) is 11.0 Å². The zero-order valence-corrected chi connectivity index (χ0v) is 17.2. The van der Waals surface area contributed by atoms with Crippen molar-refractivity contribution in [1.82, 2.24) is 19.9 Å². The summed E-state index contributed by atoms with van der Waals surface area (Å²) in [5, 5.41) is 9.12. The van der Waals surface area contributed by atoms with E-state index in [2.05, 4.69) is 30.9 Å². The zero-order chi connectivity index (χ0) is 21.9. The van der Waals surface area contributed by atoms with Gasteiger partial charge in [-0.1, -0.05) is 12.1 Å². The Kier molecular flexibility index (Phi) is 5.22. The molecule has 8 heteroatoms. The maximum absolute atomic E-state index is 12.8. The molecule has 1 fully saturated rings. The topological polar surface area (TPSA) is 108 Å². The molecule has 0 atom stereocenters. The fourth-order valence-corrected chi connectivity index (χ4v) is 3.81. The van der Waals surface area contributed by atoms with Crippen molar-refractivity contribution in [3.63, 3.8) is 0 Å². The number of piperidine rings is 1. The van der Waals surface area contributed by atoms with E-state index in [-0.39, 0.29) is 11.7 Å². The summed E-state index contributed by atoms with van der Waals surface area (Å²) in [7, 11) is 0. The van der Waals surface area contributed by atoms with E-state index in [0.717, 1.165) is 37.0 Å². The van der Waals surface area contributed by atoms with E-state index >= 15 is 0 Å². The number of H-pyrrole nitrogens is 1. The molecular weight excluding hydrogens is 404 g/mol. The third-order valence-corrected chi connectivity index (χ3v) is 5.56. The number of benzene rings is 2. The molecule has 8 nitrogen and oxygen atoms in total. The van der Waals surface area contributed by atoms with E-state index in [4.69, 9.17) is 10.00 Å². The van der Waals surface area contributed by atoms with Gasteiger partial charge in [-0.2, -0.15) is 5.26 Å². The highest BCUT2D eigenvalue weighted by Crippen LogP contribution is 2.31. The van der Waals surface area contributed by atoms with Crippen LogP contribution in [0, 0.1) is 17.2 Å². The molecule has 2 aromatic carbocycles. The van der Waals surface area contributed by atoms with Gasteiger partial charge in [-0.3, -0.25) is 4.79 Å². The van der Waals surface area contributed by atoms with Crippen LogP contribution < -0.4 is 9.64 Å². The number of aromatic nitrogens is 4. The van der Waals surface area contributed by atoms with E-state index in [1.807, 2.05) is 24.3 Å². The Balaban J connectivity index is 1.32. The minimum absolute atomic E-state index is 0.0872. The number of nitriles is 1. The summed E-state index contributed by atoms with van der Waals surface area (Å²) in [5.74, 6) is 1.82. The van der Waals surface area contributed by atoms with E-state index < -0.39 is 0 Å². The number of nitrogens with zero attached hydrogens (tertiary/aromatic N) is 5. The number of nitrogens with one attached hydrogen (secondary N) is 1. The number of ether oxygens (including phenoxy) is 1. The van der Waals surface area contributed by atoms with Crippen molar-refractivity contribution < 1.29 is 9.53 Å². The van der Waals surface area contributed by atoms with Gasteiger partial charge >= 0.3 is 0 Å². The summed E-state index contributed by atoms with van der Waals surface area (Å²) >= 11 is 0. The van der Waals surface area contributed by atoms with Crippen molar-refractivity contribution in [2.24, 2.45) is 5.92 Å². The quantitative estimate of drug-likeness (QED) is 0.480. The largest absolute Gasteiger partial charge is 0.436 e. The van der Waals surface area contributed by atoms with Crippen molar-refractivity contribution in [3.8, 4) is 17.7 Å². The molecular formula is C24H20N6O2. The van der Waals surface area contributed by atoms with Crippen LogP contribution in [0.5, 0.6) is 11.6 Å². The number of imidazole rings is 1. The van der Waals surface area contributed by atoms with E-state index in [0.29, 0.717) is 28.8 Å². The fourth-order valence-electron chi connectivity index (χ4n) is 3.81. The maximum Gasteiger partial charge on any atom is 0.263 e. The Bertz CT molecular complexity index is 1270. The van der Waals surface area contributed by atoms with Crippen molar-refractivity contribution in [2.75, 3.05) is 18.0 Å². The van der Waals surface area contributed by atoms with E-state index in [1.165, 1.54) is 0 Å². The average molecular weight is 424 g/mol. The smallest absolute Gasteiger partial charge is 0.263 e. The molecule has 0 radical (unpaired) electrons. The molecule has 3 heterocycles. The number of anilines is 1. The molecule has 0 bridgehead atoms. The molecule has 1 saturated heterocycles. The van der Waals surface area contributed by atoms with Gasteiger partial charge < -0.3 is 14.6 Å². The number of rotatable bonds is 5. The first-order valence-corrected chi connectivity index (χ1v) is 10.4. The van der Waals surface area contributed by atoms with Gasteiger partial charge in [-0.05, 0) is 49.2 Å². The van der Waals surface area contributed by atoms with Crippen molar-refractivity contribution in [2.45, 2.75) is 12.8 Å². The first kappa shape index (κ1) is 19.7. The molecule has 1 aliphatic heterocycles. The highest BCUT2D eigenvalue weighted by atomic mass is 16.5. The standard InChI is InChI=1S/C24H20N6O2/c25-15-16-9-13-30(14-10-16)23-24(27-12-11-26-23)32-18-7-5-17(6-8-18)21(31)22-28-19-3-1-2-4-20(19)29-22/h1-8,11-12,16H,9-10,13-14H2,(H,28,29). The lowest BCUT2D eigenvalue weighted by molar-refractivity contribution is 0.103. The summed E-state index contributed by atoms with van der Waals surface area (Å²) in [4.78, 5) is 31.1. The van der Waals surface area contributed by atoms with E-state index in [9.17, 15) is 4.79 Å². The summed E-state index contributed by atoms with van der Waals surface area (Å²) in [6.07, 6.45) is 4.81. The average Bonchev–Trinajstić information content (AvgIpc) is 3.29. The van der Waals surface area contributed by atoms with Gasteiger partial charge in [0.15, 0.2) is 11.6 Å². The normalized spacial score (nSPS) is 14.3. The summed E-state index contributed by atoms with van der Waals surface area (Å²) in [6, 6.07) is 16.7. The third kappa shape index (κ3) is 3.88. The number of aromatic amines is 1. The predicted molar refractivity (Wildman–Crippen MR) is 119 cm³/mol. The second-order valence-corrected chi connectivity index (χ2v) is 7.63. The monoisotopic (exact) mass is 424 g/mol. The molecule has 4 aromatic rings. The molecule has 0 amide bonds. The second kappa shape index (κ2) is 8.47. The van der Waals surface area contributed by atoms with Crippen LogP contribution in [0.1, 0.15) is 29.0 Å². The molecule has 2 aromatic heterocycles. The van der Waals surface area contributed by atoms with Crippen molar-refractivity contribution in [3.05, 3.63) is 72.3 Å². The van der Waals surface area contributed by atoms with Gasteiger partial charge in [0.1, 0.15) is 5.75 Å². The summed E-state index contributed by atoms with van der Waals surface area (Å²) in [5.41, 5.74) is 2.09. The molecule has 32 heavy (non-hydrogen) atoms. The number of carbonyl (C=O) groups is 1. The van der Waals surface area contributed by atoms with Crippen LogP contribution in [0.2, 0.25) is 0 Å². The van der Waals surface area contributed by atoms with Crippen molar-refractivity contribution >= 4 is 22.6 Å². The van der Waals surface area contributed by atoms with E-state index in [1.54, 1.807) is 36.7 Å². The molecule has 158 valence electrons. The molecule has 1 aliphatic rings. The first-order chi connectivity index (χ1) is 15.7. The van der Waals surface area contributed by atoms with Gasteiger partial charge in [-0.15, -0.1) is 0 Å². The molecule has 0 saturated carbocycles. The van der Waals surface area contributed by atoms with Crippen molar-refractivity contribution in [1.29, 1.82) is 5.26 Å². The molecule has 1 N–H and O–H groups in total. The van der Waals surface area contributed by atoms with Crippen LogP contribution in [-0.4, -0.2) is 38.8 Å². The van der Waals surface area contributed by atoms with Gasteiger partial charge in [0.25, 0.3) is 5.88 Å². The molecule has 0 spiro atoms. The minimum Gasteiger partial charge on any atom is -0.436 e. The van der Waals surface area contributed by atoms with Gasteiger partial charge in [0.05, 0.1) is 17.1 Å². The minimum atomic E-state index is -0.187. The lowest BCUT2D eigenvalue weighted by Gasteiger charge is -2.30. The second-order valence-electron chi connectivity index (χ2n) is 7.63. The number of ketones is 1. The molecule has 0 unspecified atom stereocenters. The predicted octanol–water partition coefficient (Wildman–Crippen LogP) is 4.12. The fraction of sp³-hybridized carbons (Fsp3) is 0.208. The molecule has 5 rings (SSSR count). The van der Waals surface area contributed by atoms with Crippen LogP contribution in [0.15, 0.2) is 60.9 Å².